The van der Waals surface area contributed by atoms with Crippen LogP contribution in [0.25, 0.3) is 15.7 Å². The normalized spacial score (nSPS) is 15.7. The number of ether oxygens (including phenoxy) is 1. The van der Waals surface area contributed by atoms with E-state index < -0.39 is 29.7 Å². The third-order valence-electron chi connectivity index (χ3n) is 5.37. The Kier molecular flexibility index (Phi) is 6.86. The van der Waals surface area contributed by atoms with Gasteiger partial charge in [0.1, 0.15) is 6.73 Å². The Morgan fingerprint density at radius 2 is 2.09 bits per heavy atom. The molecule has 0 spiro atoms. The number of aromatic nitrogens is 2. The summed E-state index contributed by atoms with van der Waals surface area (Å²) in [7, 11) is -3.81. The van der Waals surface area contributed by atoms with Crippen molar-refractivity contribution in [1.82, 2.24) is 19.5 Å². The quantitative estimate of drug-likeness (QED) is 0.0954. The Hall–Kier alpha value is -1.82. The van der Waals surface area contributed by atoms with Gasteiger partial charge in [-0.05, 0) is 34.1 Å². The molecule has 2 aromatic rings. The van der Waals surface area contributed by atoms with Crippen LogP contribution in [0, 0.1) is 6.57 Å². The van der Waals surface area contributed by atoms with Crippen molar-refractivity contribution in [3.05, 3.63) is 33.7 Å². The van der Waals surface area contributed by atoms with Gasteiger partial charge < -0.3 is 4.74 Å². The van der Waals surface area contributed by atoms with Crippen LogP contribution in [0.1, 0.15) is 23.3 Å². The van der Waals surface area contributed by atoms with Crippen LogP contribution >= 0.6 is 15.9 Å². The van der Waals surface area contributed by atoms with Crippen molar-refractivity contribution in [3.63, 3.8) is 0 Å². The molecule has 0 atom stereocenters. The lowest BCUT2D eigenvalue weighted by molar-refractivity contribution is 0.0642. The molecule has 1 heterocycles. The average Bonchev–Trinajstić information content (AvgIpc) is 3.42. The molecule has 1 aromatic heterocycles. The van der Waals surface area contributed by atoms with Crippen LogP contribution < -0.4 is 11.3 Å². The van der Waals surface area contributed by atoms with Crippen molar-refractivity contribution in [3.8, 4) is 0 Å². The molecule has 32 heavy (non-hydrogen) atoms. The molecule has 174 valence electrons. The molecular formula is C19H27BrN6O4SSi. The number of amides is 1. The number of hydrogen-bond donors (Lipinski definition) is 2. The Balaban J connectivity index is 2.03. The maximum atomic E-state index is 13.7. The Labute approximate surface area is 197 Å². The minimum Gasteiger partial charge on any atom is -0.365 e. The van der Waals surface area contributed by atoms with Crippen LogP contribution in [0.4, 0.5) is 0 Å². The van der Waals surface area contributed by atoms with Crippen molar-refractivity contribution in [2.75, 3.05) is 13.3 Å². The van der Waals surface area contributed by atoms with E-state index in [1.807, 2.05) is 5.43 Å². The first kappa shape index (κ1) is 24.8. The van der Waals surface area contributed by atoms with E-state index in [1.165, 1.54) is 16.8 Å². The van der Waals surface area contributed by atoms with Crippen molar-refractivity contribution >= 4 is 50.8 Å². The topological polar surface area (TPSA) is 124 Å². The number of nitrogens with one attached hydrogen (secondary N) is 1. The summed E-state index contributed by atoms with van der Waals surface area (Å²) in [5.74, 6) is 4.63. The van der Waals surface area contributed by atoms with Crippen molar-refractivity contribution in [1.29, 1.82) is 0 Å². The Morgan fingerprint density at radius 3 is 2.62 bits per heavy atom. The van der Waals surface area contributed by atoms with Crippen LogP contribution in [-0.2, 0) is 21.8 Å². The van der Waals surface area contributed by atoms with Crippen LogP contribution in [0.3, 0.4) is 0 Å². The number of nitrogens with zero attached hydrogens (tertiary/aromatic N) is 4. The molecule has 0 bridgehead atoms. The van der Waals surface area contributed by atoms with Gasteiger partial charge in [0.05, 0.1) is 23.3 Å². The minimum absolute atomic E-state index is 0.00648. The average molecular weight is 544 g/mol. The summed E-state index contributed by atoms with van der Waals surface area (Å²) in [4.78, 5) is 15.7. The molecule has 10 nitrogen and oxygen atoms in total. The third-order valence-corrected chi connectivity index (χ3v) is 9.54. The molecule has 0 unspecified atom stereocenters. The van der Waals surface area contributed by atoms with Gasteiger partial charge in [-0.1, -0.05) is 23.9 Å². The zero-order valence-electron chi connectivity index (χ0n) is 18.5. The molecule has 1 aliphatic rings. The smallest absolute Gasteiger partial charge is 0.303 e. The van der Waals surface area contributed by atoms with E-state index in [0.29, 0.717) is 34.8 Å². The summed E-state index contributed by atoms with van der Waals surface area (Å²) in [6.45, 7) is 14.5. The Morgan fingerprint density at radius 1 is 1.44 bits per heavy atom. The summed E-state index contributed by atoms with van der Waals surface area (Å²) in [5, 5.41) is 4.50. The van der Waals surface area contributed by atoms with Gasteiger partial charge in [0.15, 0.2) is 5.69 Å². The molecule has 1 aliphatic carbocycles. The van der Waals surface area contributed by atoms with E-state index in [4.69, 9.17) is 17.2 Å². The largest absolute Gasteiger partial charge is 0.365 e. The molecule has 3 N–H and O–H groups in total. The molecule has 0 radical (unpaired) electrons. The highest BCUT2D eigenvalue weighted by atomic mass is 79.9. The van der Waals surface area contributed by atoms with Crippen LogP contribution in [-0.4, -0.2) is 55.5 Å². The molecule has 13 heteroatoms. The van der Waals surface area contributed by atoms with Gasteiger partial charge in [0.25, 0.3) is 15.9 Å². The summed E-state index contributed by atoms with van der Waals surface area (Å²) in [6, 6.07) is 3.73. The zero-order valence-corrected chi connectivity index (χ0v) is 21.9. The van der Waals surface area contributed by atoms with Gasteiger partial charge >= 0.3 is 5.66 Å². The van der Waals surface area contributed by atoms with E-state index >= 15 is 0 Å². The SMILES string of the molecule is [C-]#[N+]C1(N(COCC[Si](C)(C)C)S(=O)(=O)c2cc(Br)c3c(c2)c(C(=O)NN)nn3C)CC1. The monoisotopic (exact) mass is 542 g/mol. The van der Waals surface area contributed by atoms with Crippen LogP contribution in [0.2, 0.25) is 25.7 Å². The molecule has 0 aliphatic heterocycles. The minimum atomic E-state index is -4.10. The fourth-order valence-electron chi connectivity index (χ4n) is 3.32. The molecule has 1 fully saturated rings. The van der Waals surface area contributed by atoms with E-state index in [2.05, 4.69) is 45.5 Å². The molecule has 1 aromatic carbocycles. The van der Waals surface area contributed by atoms with Crippen molar-refractivity contribution in [2.24, 2.45) is 12.9 Å². The molecule has 1 saturated carbocycles. The second kappa shape index (κ2) is 8.84. The van der Waals surface area contributed by atoms with Crippen molar-refractivity contribution < 1.29 is 17.9 Å². The highest BCUT2D eigenvalue weighted by molar-refractivity contribution is 9.10. The molecular weight excluding hydrogens is 516 g/mol. The lowest BCUT2D eigenvalue weighted by Gasteiger charge is -2.24. The number of sulfonamides is 1. The highest BCUT2D eigenvalue weighted by Crippen LogP contribution is 2.46. The Bertz CT molecular complexity index is 1200. The third kappa shape index (κ3) is 4.75. The lowest BCUT2D eigenvalue weighted by Crippen LogP contribution is -2.42. The number of fused-ring (bicyclic) bond motifs is 1. The van der Waals surface area contributed by atoms with Crippen LogP contribution in [0.5, 0.6) is 0 Å². The first-order valence-corrected chi connectivity index (χ1v) is 16.0. The van der Waals surface area contributed by atoms with Gasteiger partial charge in [-0.25, -0.2) is 20.8 Å². The molecule has 3 rings (SSSR count). The summed E-state index contributed by atoms with van der Waals surface area (Å²) in [5.41, 5.74) is 1.45. The lowest BCUT2D eigenvalue weighted by atomic mass is 10.2. The maximum Gasteiger partial charge on any atom is 0.303 e. The number of rotatable bonds is 9. The van der Waals surface area contributed by atoms with Gasteiger partial charge in [0, 0.05) is 31.6 Å². The predicted octanol–water partition coefficient (Wildman–Crippen LogP) is 2.65. The maximum absolute atomic E-state index is 13.7. The number of hydrazine groups is 1. The number of hydrogen-bond acceptors (Lipinski definition) is 6. The number of halogens is 1. The second-order valence-electron chi connectivity index (χ2n) is 9.04. The standard InChI is InChI=1S/C19H27BrN6O4SSi/c1-22-19(6-7-19)26(12-30-8-9-32(3,4)5)31(28,29)13-10-14-16(18(27)23-21)24-25(2)17(14)15(20)11-13/h10-11H,6-9,12,21H2,2-5H3,(H,23,27). The number of carbonyl (C=O) groups excluding carboxylic acids is 1. The molecule has 0 saturated heterocycles. The van der Waals surface area contributed by atoms with E-state index in [1.54, 1.807) is 7.05 Å². The summed E-state index contributed by atoms with van der Waals surface area (Å²) >= 11 is 3.40. The van der Waals surface area contributed by atoms with E-state index in [0.717, 1.165) is 10.3 Å². The summed E-state index contributed by atoms with van der Waals surface area (Å²) < 4.78 is 36.1. The fraction of sp³-hybridized carbons (Fsp3) is 0.526. The molecule has 1 amide bonds. The number of carbonyl (C=O) groups is 1. The number of benzene rings is 1. The van der Waals surface area contributed by atoms with Gasteiger partial charge in [0.2, 0.25) is 0 Å². The van der Waals surface area contributed by atoms with Crippen molar-refractivity contribution in [2.45, 2.75) is 49.1 Å². The van der Waals surface area contributed by atoms with Gasteiger partial charge in [-0.15, -0.1) is 0 Å². The number of nitrogen functional groups attached to an aromatic ring is 1. The second-order valence-corrected chi connectivity index (χ2v) is 17.4. The first-order chi connectivity index (χ1) is 14.9. The summed E-state index contributed by atoms with van der Waals surface area (Å²) in [6.07, 6.45) is 0.897. The zero-order chi connectivity index (χ0) is 23.9. The fourth-order valence-corrected chi connectivity index (χ4v) is 6.61. The van der Waals surface area contributed by atoms with E-state index in [-0.39, 0.29) is 17.3 Å². The number of nitrogens with two attached hydrogens (primary N) is 1. The van der Waals surface area contributed by atoms with Crippen LogP contribution in [0.15, 0.2) is 21.5 Å². The first-order valence-electron chi connectivity index (χ1n) is 10.0. The predicted molar refractivity (Wildman–Crippen MR) is 127 cm³/mol. The number of aryl methyl sites for hydroxylation is 1. The van der Waals surface area contributed by atoms with Gasteiger partial charge in [-0.2, -0.15) is 5.10 Å². The van der Waals surface area contributed by atoms with E-state index in [9.17, 15) is 13.2 Å². The van der Waals surface area contributed by atoms with Gasteiger partial charge in [-0.3, -0.25) is 19.7 Å². The highest BCUT2D eigenvalue weighted by Gasteiger charge is 2.61.